The van der Waals surface area contributed by atoms with E-state index in [0.29, 0.717) is 22.5 Å². The average Bonchev–Trinajstić information content (AvgIpc) is 2.48. The Kier molecular flexibility index (Phi) is 3.97. The monoisotopic (exact) mass is 292 g/mol. The lowest BCUT2D eigenvalue weighted by Gasteiger charge is -2.47. The van der Waals surface area contributed by atoms with Gasteiger partial charge in [0.2, 0.25) is 0 Å². The molecule has 2 aliphatic rings. The summed E-state index contributed by atoms with van der Waals surface area (Å²) in [6.45, 7) is 3.20. The predicted octanol–water partition coefficient (Wildman–Crippen LogP) is 3.78. The molecule has 4 heteroatoms. The van der Waals surface area contributed by atoms with E-state index in [1.165, 1.54) is 19.3 Å². The lowest BCUT2D eigenvalue weighted by Crippen LogP contribution is -2.52. The van der Waals surface area contributed by atoms with Crippen molar-refractivity contribution in [2.45, 2.75) is 45.1 Å². The van der Waals surface area contributed by atoms with Gasteiger partial charge in [-0.1, -0.05) is 31.4 Å². The number of nitrogens with zero attached hydrogens (tertiary/aromatic N) is 2. The molecule has 1 saturated heterocycles. The molecule has 0 radical (unpaired) electrons. The van der Waals surface area contributed by atoms with Gasteiger partial charge in [0.1, 0.15) is 0 Å². The summed E-state index contributed by atoms with van der Waals surface area (Å²) in [6, 6.07) is 2.14. The Hall–Kier alpha value is -1.09. The van der Waals surface area contributed by atoms with Gasteiger partial charge >= 0.3 is 0 Å². The number of carbonyl (C=O) groups excluding carboxylic acids is 1. The van der Waals surface area contributed by atoms with Crippen LogP contribution in [-0.4, -0.2) is 28.4 Å². The highest BCUT2D eigenvalue weighted by Gasteiger charge is 2.39. The zero-order valence-electron chi connectivity index (χ0n) is 11.9. The van der Waals surface area contributed by atoms with Crippen molar-refractivity contribution in [1.29, 1.82) is 0 Å². The van der Waals surface area contributed by atoms with Crippen molar-refractivity contribution in [3.05, 3.63) is 29.0 Å². The van der Waals surface area contributed by atoms with E-state index < -0.39 is 0 Å². The first-order valence-electron chi connectivity index (χ1n) is 7.59. The molecule has 3 nitrogen and oxygen atoms in total. The van der Waals surface area contributed by atoms with E-state index in [2.05, 4.69) is 16.8 Å². The van der Waals surface area contributed by atoms with Crippen molar-refractivity contribution < 1.29 is 4.79 Å². The van der Waals surface area contributed by atoms with Crippen molar-refractivity contribution >= 4 is 17.5 Å². The average molecular weight is 293 g/mol. The van der Waals surface area contributed by atoms with Gasteiger partial charge in [0.25, 0.3) is 5.91 Å². The second-order valence-corrected chi connectivity index (χ2v) is 6.54. The van der Waals surface area contributed by atoms with E-state index in [4.69, 9.17) is 11.6 Å². The second kappa shape index (κ2) is 5.72. The highest BCUT2D eigenvalue weighted by molar-refractivity contribution is 6.33. The normalized spacial score (nSPS) is 29.9. The molecule has 1 amide bonds. The number of aromatic nitrogens is 1. The maximum atomic E-state index is 12.8. The van der Waals surface area contributed by atoms with E-state index in [0.717, 1.165) is 25.3 Å². The molecule has 1 aliphatic heterocycles. The van der Waals surface area contributed by atoms with Gasteiger partial charge in [0.05, 0.1) is 10.6 Å². The van der Waals surface area contributed by atoms with Crippen LogP contribution in [0.25, 0.3) is 0 Å². The van der Waals surface area contributed by atoms with Gasteiger partial charge in [-0.3, -0.25) is 9.78 Å². The Balaban J connectivity index is 1.85. The van der Waals surface area contributed by atoms with Crippen LogP contribution in [0.15, 0.2) is 18.5 Å². The first kappa shape index (κ1) is 13.9. The minimum absolute atomic E-state index is 0.0844. The van der Waals surface area contributed by atoms with Gasteiger partial charge in [-0.15, -0.1) is 0 Å². The molecular weight excluding hydrogens is 272 g/mol. The maximum Gasteiger partial charge on any atom is 0.255 e. The summed E-state index contributed by atoms with van der Waals surface area (Å²) in [4.78, 5) is 18.8. The molecule has 1 saturated carbocycles. The largest absolute Gasteiger partial charge is 0.335 e. The third-order valence-corrected chi connectivity index (χ3v) is 5.30. The van der Waals surface area contributed by atoms with Crippen molar-refractivity contribution in [1.82, 2.24) is 9.88 Å². The van der Waals surface area contributed by atoms with Crippen LogP contribution in [0.4, 0.5) is 0 Å². The summed E-state index contributed by atoms with van der Waals surface area (Å²) in [5.41, 5.74) is 0.598. The van der Waals surface area contributed by atoms with Crippen molar-refractivity contribution in [3.8, 4) is 0 Å². The van der Waals surface area contributed by atoms with Gasteiger partial charge in [0, 0.05) is 25.0 Å². The van der Waals surface area contributed by atoms with E-state index >= 15 is 0 Å². The third-order valence-electron chi connectivity index (χ3n) is 5.00. The van der Waals surface area contributed by atoms with Crippen LogP contribution >= 0.6 is 11.6 Å². The summed E-state index contributed by atoms with van der Waals surface area (Å²) in [7, 11) is 0. The Morgan fingerprint density at radius 3 is 2.95 bits per heavy atom. The number of likely N-dealkylation sites (tertiary alicyclic amines) is 1. The summed E-state index contributed by atoms with van der Waals surface area (Å²) < 4.78 is 0. The zero-order valence-corrected chi connectivity index (χ0v) is 12.6. The van der Waals surface area contributed by atoms with Crippen LogP contribution < -0.4 is 0 Å². The number of piperidine rings is 1. The van der Waals surface area contributed by atoms with Crippen molar-refractivity contribution in [2.24, 2.45) is 11.8 Å². The molecule has 0 aromatic carbocycles. The van der Waals surface area contributed by atoms with E-state index in [1.54, 1.807) is 18.5 Å². The molecule has 108 valence electrons. The maximum absolute atomic E-state index is 12.8. The first-order chi connectivity index (χ1) is 9.68. The highest BCUT2D eigenvalue weighted by Crippen LogP contribution is 2.39. The number of halogens is 1. The minimum Gasteiger partial charge on any atom is -0.335 e. The molecule has 1 aliphatic carbocycles. The van der Waals surface area contributed by atoms with Gasteiger partial charge in [-0.05, 0) is 37.2 Å². The van der Waals surface area contributed by atoms with Gasteiger partial charge in [-0.2, -0.15) is 0 Å². The van der Waals surface area contributed by atoms with E-state index in [-0.39, 0.29) is 5.91 Å². The quantitative estimate of drug-likeness (QED) is 0.789. The standard InChI is InChI=1S/C16H21ClN2O/c1-11-7-9-19(15-5-3-2-4-12(11)15)16(20)13-6-8-18-10-14(13)17/h6,8,10-12,15H,2-5,7,9H2,1H3. The number of hydrogen-bond donors (Lipinski definition) is 0. The van der Waals surface area contributed by atoms with E-state index in [1.807, 2.05) is 0 Å². The third kappa shape index (κ3) is 2.44. The molecule has 1 aromatic heterocycles. The molecule has 0 bridgehead atoms. The highest BCUT2D eigenvalue weighted by atomic mass is 35.5. The van der Waals surface area contributed by atoms with Crippen LogP contribution in [0.2, 0.25) is 5.02 Å². The number of amides is 1. The molecule has 3 rings (SSSR count). The lowest BCUT2D eigenvalue weighted by molar-refractivity contribution is 0.0218. The van der Waals surface area contributed by atoms with Gasteiger partial charge in [-0.25, -0.2) is 0 Å². The number of pyridine rings is 1. The molecule has 20 heavy (non-hydrogen) atoms. The van der Waals surface area contributed by atoms with Crippen LogP contribution in [0.3, 0.4) is 0 Å². The van der Waals surface area contributed by atoms with Gasteiger partial charge < -0.3 is 4.90 Å². The van der Waals surface area contributed by atoms with E-state index in [9.17, 15) is 4.79 Å². The summed E-state index contributed by atoms with van der Waals surface area (Å²) in [5, 5.41) is 0.462. The van der Waals surface area contributed by atoms with Gasteiger partial charge in [0.15, 0.2) is 0 Å². The van der Waals surface area contributed by atoms with Crippen molar-refractivity contribution in [2.75, 3.05) is 6.54 Å². The number of fused-ring (bicyclic) bond motifs is 1. The van der Waals surface area contributed by atoms with Crippen LogP contribution in [-0.2, 0) is 0 Å². The SMILES string of the molecule is CC1CCN(C(=O)c2ccncc2Cl)C2CCCCC12. The number of carbonyl (C=O) groups is 1. The molecule has 3 atom stereocenters. The Bertz CT molecular complexity index is 505. The molecule has 2 fully saturated rings. The first-order valence-corrected chi connectivity index (χ1v) is 7.96. The minimum atomic E-state index is 0.0844. The number of rotatable bonds is 1. The smallest absolute Gasteiger partial charge is 0.255 e. The Morgan fingerprint density at radius 1 is 1.35 bits per heavy atom. The fourth-order valence-electron chi connectivity index (χ4n) is 3.87. The zero-order chi connectivity index (χ0) is 14.1. The summed E-state index contributed by atoms with van der Waals surface area (Å²) >= 11 is 6.13. The summed E-state index contributed by atoms with van der Waals surface area (Å²) in [6.07, 6.45) is 9.26. The second-order valence-electron chi connectivity index (χ2n) is 6.14. The fourth-order valence-corrected chi connectivity index (χ4v) is 4.07. The molecular formula is C16H21ClN2O. The van der Waals surface area contributed by atoms with Crippen molar-refractivity contribution in [3.63, 3.8) is 0 Å². The molecule has 3 unspecified atom stereocenters. The Morgan fingerprint density at radius 2 is 2.15 bits per heavy atom. The molecule has 1 aromatic rings. The number of hydrogen-bond acceptors (Lipinski definition) is 2. The summed E-state index contributed by atoms with van der Waals surface area (Å²) in [5.74, 6) is 1.49. The predicted molar refractivity (Wildman–Crippen MR) is 79.8 cm³/mol. The van der Waals surface area contributed by atoms with Crippen LogP contribution in [0, 0.1) is 11.8 Å². The topological polar surface area (TPSA) is 33.2 Å². The molecule has 0 N–H and O–H groups in total. The van der Waals surface area contributed by atoms with Crippen LogP contribution in [0.5, 0.6) is 0 Å². The Labute approximate surface area is 125 Å². The fraction of sp³-hybridized carbons (Fsp3) is 0.625. The van der Waals surface area contributed by atoms with Crippen LogP contribution in [0.1, 0.15) is 49.4 Å². The lowest BCUT2D eigenvalue weighted by atomic mass is 9.72. The molecule has 2 heterocycles. The molecule has 0 spiro atoms.